The first kappa shape index (κ1) is 17.7. The number of hydrogen-bond donors (Lipinski definition) is 7. The second-order valence-corrected chi connectivity index (χ2v) is 6.58. The van der Waals surface area contributed by atoms with E-state index in [1.54, 1.807) is 0 Å². The second kappa shape index (κ2) is 8.36. The Bertz CT molecular complexity index is 751. The van der Waals surface area contributed by atoms with Crippen LogP contribution in [-0.4, -0.2) is 44.7 Å². The maximum atomic E-state index is 12.4. The van der Waals surface area contributed by atoms with Crippen molar-refractivity contribution in [2.75, 3.05) is 42.1 Å². The summed E-state index contributed by atoms with van der Waals surface area (Å²) in [5.74, 6) is -0.126. The topological polar surface area (TPSA) is 101 Å². The zero-order valence-electron chi connectivity index (χ0n) is 15.0. The molecule has 2 aromatic carbocycles. The first-order valence-electron chi connectivity index (χ1n) is 9.24. The first-order chi connectivity index (χ1) is 13.3. The van der Waals surface area contributed by atoms with Crippen LogP contribution in [0.4, 0.5) is 17.1 Å². The maximum Gasteiger partial charge on any atom is 0.255 e. The SMILES string of the molecule is O=C(Nc1ccc(NC2NCCN2)cc1)c1ccc(NC2NCCN2)cc1. The summed E-state index contributed by atoms with van der Waals surface area (Å²) in [7, 11) is 0. The van der Waals surface area contributed by atoms with Gasteiger partial charge in [-0.05, 0) is 48.5 Å². The van der Waals surface area contributed by atoms with Gasteiger partial charge in [-0.1, -0.05) is 0 Å². The third-order valence-electron chi connectivity index (χ3n) is 4.56. The molecule has 2 heterocycles. The summed E-state index contributed by atoms with van der Waals surface area (Å²) in [5.41, 5.74) is 3.33. The Hall–Kier alpha value is -2.65. The van der Waals surface area contributed by atoms with Gasteiger partial charge in [0.2, 0.25) is 0 Å². The lowest BCUT2D eigenvalue weighted by Crippen LogP contribution is -2.38. The van der Waals surface area contributed by atoms with Crippen molar-refractivity contribution in [3.63, 3.8) is 0 Å². The van der Waals surface area contributed by atoms with E-state index in [0.29, 0.717) is 5.56 Å². The maximum absolute atomic E-state index is 12.4. The minimum absolute atomic E-state index is 0.0754. The quantitative estimate of drug-likeness (QED) is 0.404. The predicted molar refractivity (Wildman–Crippen MR) is 108 cm³/mol. The van der Waals surface area contributed by atoms with Crippen molar-refractivity contribution in [1.82, 2.24) is 21.3 Å². The van der Waals surface area contributed by atoms with Gasteiger partial charge in [0, 0.05) is 48.8 Å². The first-order valence-corrected chi connectivity index (χ1v) is 9.24. The van der Waals surface area contributed by atoms with Crippen LogP contribution in [0.15, 0.2) is 48.5 Å². The highest BCUT2D eigenvalue weighted by atomic mass is 16.1. The van der Waals surface area contributed by atoms with E-state index in [2.05, 4.69) is 37.2 Å². The highest BCUT2D eigenvalue weighted by Crippen LogP contribution is 2.16. The highest BCUT2D eigenvalue weighted by molar-refractivity contribution is 6.04. The lowest BCUT2D eigenvalue weighted by Gasteiger charge is -2.15. The average molecular weight is 367 g/mol. The monoisotopic (exact) mass is 367 g/mol. The van der Waals surface area contributed by atoms with Gasteiger partial charge in [0.1, 0.15) is 12.6 Å². The Morgan fingerprint density at radius 2 is 1.07 bits per heavy atom. The van der Waals surface area contributed by atoms with Gasteiger partial charge in [-0.3, -0.25) is 26.1 Å². The predicted octanol–water partition coefficient (Wildman–Crippen LogP) is 0.715. The van der Waals surface area contributed by atoms with Gasteiger partial charge < -0.3 is 16.0 Å². The number of benzene rings is 2. The lowest BCUT2D eigenvalue weighted by molar-refractivity contribution is 0.102. The molecule has 0 radical (unpaired) electrons. The summed E-state index contributed by atoms with van der Waals surface area (Å²) in [6.45, 7) is 3.79. The van der Waals surface area contributed by atoms with Gasteiger partial charge in [-0.2, -0.15) is 0 Å². The van der Waals surface area contributed by atoms with Crippen LogP contribution in [0.1, 0.15) is 10.4 Å². The molecule has 0 saturated carbocycles. The molecule has 7 N–H and O–H groups in total. The summed E-state index contributed by atoms with van der Waals surface area (Å²) in [5, 5.41) is 22.8. The molecule has 2 fully saturated rings. The largest absolute Gasteiger partial charge is 0.358 e. The molecule has 0 spiro atoms. The smallest absolute Gasteiger partial charge is 0.255 e. The molecule has 2 aliphatic heterocycles. The number of carbonyl (C=O) groups excluding carboxylic acids is 1. The Labute approximate surface area is 158 Å². The highest BCUT2D eigenvalue weighted by Gasteiger charge is 2.13. The molecule has 0 unspecified atom stereocenters. The molecule has 0 bridgehead atoms. The van der Waals surface area contributed by atoms with Crippen LogP contribution < -0.4 is 37.2 Å². The van der Waals surface area contributed by atoms with Gasteiger partial charge in [0.05, 0.1) is 0 Å². The van der Waals surface area contributed by atoms with E-state index in [0.717, 1.165) is 43.2 Å². The summed E-state index contributed by atoms with van der Waals surface area (Å²) in [6, 6.07) is 15.1. The van der Waals surface area contributed by atoms with Crippen molar-refractivity contribution < 1.29 is 4.79 Å². The molecule has 1 amide bonds. The van der Waals surface area contributed by atoms with Crippen LogP contribution in [0.5, 0.6) is 0 Å². The fraction of sp³-hybridized carbons (Fsp3) is 0.316. The van der Waals surface area contributed by atoms with Gasteiger partial charge in [-0.25, -0.2) is 0 Å². The summed E-state index contributed by atoms with van der Waals surface area (Å²) < 4.78 is 0. The fourth-order valence-electron chi connectivity index (χ4n) is 3.12. The molecular weight excluding hydrogens is 342 g/mol. The number of anilines is 3. The van der Waals surface area contributed by atoms with Crippen molar-refractivity contribution in [3.8, 4) is 0 Å². The van der Waals surface area contributed by atoms with Crippen LogP contribution >= 0.6 is 0 Å². The number of nitrogens with one attached hydrogen (secondary N) is 7. The second-order valence-electron chi connectivity index (χ2n) is 6.58. The van der Waals surface area contributed by atoms with Gasteiger partial charge in [-0.15, -0.1) is 0 Å². The number of rotatable bonds is 6. The molecule has 27 heavy (non-hydrogen) atoms. The van der Waals surface area contributed by atoms with Gasteiger partial charge in [0.15, 0.2) is 0 Å². The Morgan fingerprint density at radius 3 is 1.56 bits per heavy atom. The standard InChI is InChI=1S/C19H25N7O/c27-17(13-1-3-15(4-2-13)25-18-20-9-10-21-18)24-14-5-7-16(8-6-14)26-19-22-11-12-23-19/h1-8,18-23,25-26H,9-12H2,(H,24,27). The lowest BCUT2D eigenvalue weighted by atomic mass is 10.2. The minimum atomic E-state index is -0.126. The van der Waals surface area contributed by atoms with E-state index in [4.69, 9.17) is 0 Å². The zero-order chi connectivity index (χ0) is 18.5. The van der Waals surface area contributed by atoms with Crippen LogP contribution in [0.25, 0.3) is 0 Å². The Balaban J connectivity index is 1.31. The summed E-state index contributed by atoms with van der Waals surface area (Å²) in [4.78, 5) is 12.4. The molecule has 142 valence electrons. The molecule has 4 rings (SSSR count). The third-order valence-corrected chi connectivity index (χ3v) is 4.56. The average Bonchev–Trinajstić information content (AvgIpc) is 3.38. The van der Waals surface area contributed by atoms with Crippen molar-refractivity contribution in [3.05, 3.63) is 54.1 Å². The molecule has 2 saturated heterocycles. The summed E-state index contributed by atoms with van der Waals surface area (Å²) in [6.07, 6.45) is 0.165. The van der Waals surface area contributed by atoms with Crippen molar-refractivity contribution in [1.29, 1.82) is 0 Å². The molecule has 8 heteroatoms. The van der Waals surface area contributed by atoms with Crippen LogP contribution in [-0.2, 0) is 0 Å². The third kappa shape index (κ3) is 4.75. The normalized spacial score (nSPS) is 17.8. The molecule has 0 aliphatic carbocycles. The van der Waals surface area contributed by atoms with E-state index < -0.39 is 0 Å². The van der Waals surface area contributed by atoms with E-state index >= 15 is 0 Å². The van der Waals surface area contributed by atoms with Crippen LogP contribution in [0.3, 0.4) is 0 Å². The van der Waals surface area contributed by atoms with Crippen LogP contribution in [0, 0.1) is 0 Å². The zero-order valence-corrected chi connectivity index (χ0v) is 15.0. The van der Waals surface area contributed by atoms with Crippen LogP contribution in [0.2, 0.25) is 0 Å². The molecule has 2 aromatic rings. The fourth-order valence-corrected chi connectivity index (χ4v) is 3.12. The Kier molecular flexibility index (Phi) is 5.50. The molecule has 2 aliphatic rings. The molecule has 8 nitrogen and oxygen atoms in total. The van der Waals surface area contributed by atoms with E-state index in [9.17, 15) is 4.79 Å². The molecule has 0 atom stereocenters. The van der Waals surface area contributed by atoms with Crippen molar-refractivity contribution in [2.24, 2.45) is 0 Å². The number of hydrogen-bond acceptors (Lipinski definition) is 7. The van der Waals surface area contributed by atoms with E-state index in [1.807, 2.05) is 48.5 Å². The van der Waals surface area contributed by atoms with Crippen molar-refractivity contribution >= 4 is 23.0 Å². The minimum Gasteiger partial charge on any atom is -0.358 e. The molecule has 0 aromatic heterocycles. The van der Waals surface area contributed by atoms with Crippen molar-refractivity contribution in [2.45, 2.75) is 12.6 Å². The molecular formula is C19H25N7O. The Morgan fingerprint density at radius 1 is 0.667 bits per heavy atom. The van der Waals surface area contributed by atoms with E-state index in [-0.39, 0.29) is 18.5 Å². The van der Waals surface area contributed by atoms with Gasteiger partial charge in [0.25, 0.3) is 5.91 Å². The van der Waals surface area contributed by atoms with Gasteiger partial charge >= 0.3 is 0 Å². The summed E-state index contributed by atoms with van der Waals surface area (Å²) >= 11 is 0. The number of carbonyl (C=O) groups is 1. The van der Waals surface area contributed by atoms with E-state index in [1.165, 1.54) is 0 Å². The number of amides is 1.